The van der Waals surface area contributed by atoms with Gasteiger partial charge in [-0.2, -0.15) is 0 Å². The monoisotopic (exact) mass is 255 g/mol. The first-order valence-corrected chi connectivity index (χ1v) is 7.74. The maximum atomic E-state index is 10.2. The Labute approximate surface area is 112 Å². The molecular weight excluding hydrogens is 226 g/mol. The van der Waals surface area contributed by atoms with Crippen LogP contribution in [0.2, 0.25) is 0 Å². The molecule has 1 atom stereocenters. The molecule has 3 nitrogen and oxygen atoms in total. The normalized spacial score (nSPS) is 26.7. The predicted molar refractivity (Wildman–Crippen MR) is 73.1 cm³/mol. The van der Waals surface area contributed by atoms with Crippen LogP contribution < -0.4 is 0 Å². The van der Waals surface area contributed by atoms with Gasteiger partial charge in [-0.15, -0.1) is 0 Å². The number of aliphatic hydroxyl groups is 1. The standard InChI is InChI=1S/C15H29NO2/c1-12(2)13-8-10-16(11-9-13)15(17)18-14-6-4-3-5-7-14/h12-15,17H,3-11H2,1-2H3. The van der Waals surface area contributed by atoms with Crippen LogP contribution >= 0.6 is 0 Å². The molecule has 0 amide bonds. The third-order valence-corrected chi connectivity index (χ3v) is 4.70. The fourth-order valence-corrected chi connectivity index (χ4v) is 3.27. The molecule has 1 saturated carbocycles. The van der Waals surface area contributed by atoms with Gasteiger partial charge in [0, 0.05) is 13.1 Å². The van der Waals surface area contributed by atoms with Gasteiger partial charge in [-0.05, 0) is 37.5 Å². The lowest BCUT2D eigenvalue weighted by atomic mass is 9.87. The maximum absolute atomic E-state index is 10.2. The molecule has 1 aliphatic heterocycles. The van der Waals surface area contributed by atoms with Crippen molar-refractivity contribution >= 4 is 0 Å². The minimum Gasteiger partial charge on any atom is -0.356 e. The van der Waals surface area contributed by atoms with Crippen LogP contribution in [-0.2, 0) is 4.74 Å². The van der Waals surface area contributed by atoms with E-state index in [-0.39, 0.29) is 6.10 Å². The summed E-state index contributed by atoms with van der Waals surface area (Å²) < 4.78 is 5.81. The van der Waals surface area contributed by atoms with Gasteiger partial charge in [0.1, 0.15) is 0 Å². The van der Waals surface area contributed by atoms with Crippen molar-refractivity contribution in [2.45, 2.75) is 71.3 Å². The molecule has 1 N–H and O–H groups in total. The summed E-state index contributed by atoms with van der Waals surface area (Å²) in [6.45, 7) is 6.57. The fourth-order valence-electron chi connectivity index (χ4n) is 3.27. The highest BCUT2D eigenvalue weighted by Crippen LogP contribution is 2.27. The number of aliphatic hydroxyl groups excluding tert-OH is 1. The number of rotatable bonds is 4. The SMILES string of the molecule is CC(C)C1CCN(C(O)OC2CCCCC2)CC1. The molecule has 0 aromatic carbocycles. The van der Waals surface area contributed by atoms with E-state index in [9.17, 15) is 5.11 Å². The van der Waals surface area contributed by atoms with Crippen molar-refractivity contribution in [3.63, 3.8) is 0 Å². The van der Waals surface area contributed by atoms with Crippen molar-refractivity contribution in [3.8, 4) is 0 Å². The van der Waals surface area contributed by atoms with Gasteiger partial charge < -0.3 is 9.84 Å². The first-order valence-electron chi connectivity index (χ1n) is 7.74. The molecule has 1 heterocycles. The second-order valence-corrected chi connectivity index (χ2v) is 6.34. The number of nitrogens with zero attached hydrogens (tertiary/aromatic N) is 1. The molecule has 3 heteroatoms. The van der Waals surface area contributed by atoms with E-state index in [4.69, 9.17) is 4.74 Å². The van der Waals surface area contributed by atoms with Crippen LogP contribution in [-0.4, -0.2) is 35.6 Å². The summed E-state index contributed by atoms with van der Waals surface area (Å²) in [6, 6.07) is 0. The zero-order valence-corrected chi connectivity index (χ0v) is 12.0. The molecule has 18 heavy (non-hydrogen) atoms. The van der Waals surface area contributed by atoms with E-state index in [2.05, 4.69) is 18.7 Å². The predicted octanol–water partition coefficient (Wildman–Crippen LogP) is 2.98. The van der Waals surface area contributed by atoms with Gasteiger partial charge in [0.25, 0.3) is 0 Å². The van der Waals surface area contributed by atoms with Gasteiger partial charge in [-0.3, -0.25) is 4.90 Å². The fraction of sp³-hybridized carbons (Fsp3) is 1.00. The molecule has 0 radical (unpaired) electrons. The minimum atomic E-state index is -0.666. The Morgan fingerprint density at radius 1 is 1.00 bits per heavy atom. The van der Waals surface area contributed by atoms with E-state index in [1.807, 2.05) is 0 Å². The molecule has 1 aliphatic carbocycles. The molecule has 2 fully saturated rings. The van der Waals surface area contributed by atoms with Crippen molar-refractivity contribution in [2.75, 3.05) is 13.1 Å². The number of hydrogen-bond donors (Lipinski definition) is 1. The van der Waals surface area contributed by atoms with Crippen molar-refractivity contribution in [1.82, 2.24) is 4.90 Å². The molecule has 1 unspecified atom stereocenters. The summed E-state index contributed by atoms with van der Waals surface area (Å²) in [5, 5.41) is 10.2. The Bertz CT molecular complexity index is 231. The van der Waals surface area contributed by atoms with Gasteiger partial charge in [0.15, 0.2) is 0 Å². The number of likely N-dealkylation sites (tertiary alicyclic amines) is 1. The van der Waals surface area contributed by atoms with Crippen LogP contribution in [0.3, 0.4) is 0 Å². The molecular formula is C15H29NO2. The van der Waals surface area contributed by atoms with E-state index in [1.54, 1.807) is 0 Å². The summed E-state index contributed by atoms with van der Waals surface area (Å²) in [7, 11) is 0. The second-order valence-electron chi connectivity index (χ2n) is 6.34. The van der Waals surface area contributed by atoms with Crippen LogP contribution in [0.25, 0.3) is 0 Å². The summed E-state index contributed by atoms with van der Waals surface area (Å²) in [5.74, 6) is 1.59. The third kappa shape index (κ3) is 3.94. The summed E-state index contributed by atoms with van der Waals surface area (Å²) >= 11 is 0. The minimum absolute atomic E-state index is 0.288. The van der Waals surface area contributed by atoms with E-state index in [0.717, 1.165) is 37.8 Å². The highest BCUT2D eigenvalue weighted by molar-refractivity contribution is 4.74. The summed E-state index contributed by atoms with van der Waals surface area (Å²) in [5.41, 5.74) is 0. The van der Waals surface area contributed by atoms with Crippen LogP contribution in [0.5, 0.6) is 0 Å². The van der Waals surface area contributed by atoms with E-state index < -0.39 is 6.41 Å². The van der Waals surface area contributed by atoms with Crippen LogP contribution in [0.1, 0.15) is 58.8 Å². The first kappa shape index (κ1) is 14.3. The Hall–Kier alpha value is -0.120. The Morgan fingerprint density at radius 3 is 2.17 bits per heavy atom. The zero-order valence-electron chi connectivity index (χ0n) is 12.0. The van der Waals surface area contributed by atoms with Gasteiger partial charge in [-0.25, -0.2) is 0 Å². The summed E-state index contributed by atoms with van der Waals surface area (Å²) in [6.07, 6.45) is 8.11. The van der Waals surface area contributed by atoms with Crippen molar-refractivity contribution in [1.29, 1.82) is 0 Å². The van der Waals surface area contributed by atoms with Crippen molar-refractivity contribution < 1.29 is 9.84 Å². The molecule has 0 spiro atoms. The quantitative estimate of drug-likeness (QED) is 0.784. The number of hydrogen-bond acceptors (Lipinski definition) is 3. The summed E-state index contributed by atoms with van der Waals surface area (Å²) in [4.78, 5) is 2.10. The number of piperidine rings is 1. The lowest BCUT2D eigenvalue weighted by Gasteiger charge is -2.37. The Kier molecular flexibility index (Phi) is 5.46. The largest absolute Gasteiger partial charge is 0.356 e. The first-order chi connectivity index (χ1) is 8.66. The molecule has 0 aromatic heterocycles. The average Bonchev–Trinajstić information content (AvgIpc) is 2.40. The molecule has 2 aliphatic rings. The second kappa shape index (κ2) is 6.88. The average molecular weight is 255 g/mol. The smallest absolute Gasteiger partial charge is 0.216 e. The van der Waals surface area contributed by atoms with Gasteiger partial charge in [0.2, 0.25) is 6.41 Å². The van der Waals surface area contributed by atoms with E-state index in [0.29, 0.717) is 0 Å². The van der Waals surface area contributed by atoms with Crippen molar-refractivity contribution in [3.05, 3.63) is 0 Å². The molecule has 1 saturated heterocycles. The zero-order chi connectivity index (χ0) is 13.0. The van der Waals surface area contributed by atoms with Crippen LogP contribution in [0.4, 0.5) is 0 Å². The highest BCUT2D eigenvalue weighted by atomic mass is 16.6. The molecule has 0 aromatic rings. The van der Waals surface area contributed by atoms with Crippen LogP contribution in [0, 0.1) is 11.8 Å². The number of ether oxygens (including phenoxy) is 1. The van der Waals surface area contributed by atoms with Gasteiger partial charge >= 0.3 is 0 Å². The van der Waals surface area contributed by atoms with Gasteiger partial charge in [0.05, 0.1) is 6.10 Å². The van der Waals surface area contributed by atoms with E-state index >= 15 is 0 Å². The molecule has 106 valence electrons. The lowest BCUT2D eigenvalue weighted by molar-refractivity contribution is -0.228. The Balaban J connectivity index is 1.71. The molecule has 0 bridgehead atoms. The highest BCUT2D eigenvalue weighted by Gasteiger charge is 2.27. The maximum Gasteiger partial charge on any atom is 0.216 e. The topological polar surface area (TPSA) is 32.7 Å². The molecule has 2 rings (SSSR count). The van der Waals surface area contributed by atoms with Gasteiger partial charge in [-0.1, -0.05) is 33.1 Å². The third-order valence-electron chi connectivity index (χ3n) is 4.70. The Morgan fingerprint density at radius 2 is 1.61 bits per heavy atom. The van der Waals surface area contributed by atoms with Crippen molar-refractivity contribution in [2.24, 2.45) is 11.8 Å². The van der Waals surface area contributed by atoms with E-state index in [1.165, 1.54) is 32.1 Å². The lowest BCUT2D eigenvalue weighted by Crippen LogP contribution is -2.45. The van der Waals surface area contributed by atoms with Crippen LogP contribution in [0.15, 0.2) is 0 Å².